The first-order chi connectivity index (χ1) is 12.9. The van der Waals surface area contributed by atoms with E-state index in [4.69, 9.17) is 9.47 Å². The maximum absolute atomic E-state index is 12.5. The predicted octanol–water partition coefficient (Wildman–Crippen LogP) is 2.90. The molecule has 1 aliphatic rings. The lowest BCUT2D eigenvalue weighted by molar-refractivity contribution is -0.119. The summed E-state index contributed by atoms with van der Waals surface area (Å²) in [6, 6.07) is 4.88. The van der Waals surface area contributed by atoms with Crippen LogP contribution in [0.2, 0.25) is 0 Å². The Morgan fingerprint density at radius 3 is 2.63 bits per heavy atom. The van der Waals surface area contributed by atoms with Crippen LogP contribution in [0.15, 0.2) is 18.2 Å². The minimum Gasteiger partial charge on any atom is -0.454 e. The predicted molar refractivity (Wildman–Crippen MR) is 106 cm³/mol. The van der Waals surface area contributed by atoms with Gasteiger partial charge in [-0.25, -0.2) is 8.42 Å². The van der Waals surface area contributed by atoms with Gasteiger partial charge in [0, 0.05) is 12.6 Å². The molecular weight excluding hydrogens is 368 g/mol. The second-order valence-electron chi connectivity index (χ2n) is 6.67. The number of rotatable bonds is 11. The number of amides is 1. The van der Waals surface area contributed by atoms with E-state index in [1.165, 1.54) is 0 Å². The summed E-state index contributed by atoms with van der Waals surface area (Å²) >= 11 is 0. The van der Waals surface area contributed by atoms with Crippen LogP contribution in [0, 0.1) is 5.92 Å². The van der Waals surface area contributed by atoms with Gasteiger partial charge in [-0.15, -0.1) is 0 Å². The highest BCUT2D eigenvalue weighted by molar-refractivity contribution is 7.92. The van der Waals surface area contributed by atoms with Gasteiger partial charge in [0.05, 0.1) is 11.4 Å². The molecule has 1 heterocycles. The van der Waals surface area contributed by atoms with E-state index < -0.39 is 10.0 Å². The van der Waals surface area contributed by atoms with Gasteiger partial charge in [-0.2, -0.15) is 0 Å². The van der Waals surface area contributed by atoms with E-state index in [1.807, 2.05) is 0 Å². The number of ether oxygens (including phenoxy) is 2. The third-order valence-corrected chi connectivity index (χ3v) is 6.50. The Bertz CT molecular complexity index is 736. The summed E-state index contributed by atoms with van der Waals surface area (Å²) in [6.45, 7) is 6.23. The SMILES string of the molecule is CCCCC(CC)CNC(=O)CN(c1ccc2c(c1)OCO2)S(=O)(=O)CC. The van der Waals surface area contributed by atoms with Crippen molar-refractivity contribution in [1.29, 1.82) is 0 Å². The minimum absolute atomic E-state index is 0.0944. The van der Waals surface area contributed by atoms with Gasteiger partial charge in [-0.3, -0.25) is 9.10 Å². The molecule has 1 atom stereocenters. The standard InChI is InChI=1S/C19H30N2O5S/c1-4-7-8-15(5-2)12-20-19(22)13-21(27(23,24)6-3)16-9-10-17-18(11-16)26-14-25-17/h9-11,15H,4-8,12-14H2,1-3H3,(H,20,22). The van der Waals surface area contributed by atoms with Crippen molar-refractivity contribution in [2.24, 2.45) is 5.92 Å². The lowest BCUT2D eigenvalue weighted by Crippen LogP contribution is -2.42. The van der Waals surface area contributed by atoms with Crippen LogP contribution in [-0.2, 0) is 14.8 Å². The quantitative estimate of drug-likeness (QED) is 0.619. The van der Waals surface area contributed by atoms with Crippen LogP contribution >= 0.6 is 0 Å². The molecule has 0 aliphatic carbocycles. The molecule has 1 aromatic rings. The zero-order valence-electron chi connectivity index (χ0n) is 16.4. The van der Waals surface area contributed by atoms with Crippen LogP contribution < -0.4 is 19.1 Å². The molecule has 0 aromatic heterocycles. The number of hydrogen-bond acceptors (Lipinski definition) is 5. The summed E-state index contributed by atoms with van der Waals surface area (Å²) in [6.07, 6.45) is 4.30. The van der Waals surface area contributed by atoms with E-state index in [0.717, 1.165) is 30.0 Å². The molecule has 1 amide bonds. The number of carbonyl (C=O) groups is 1. The lowest BCUT2D eigenvalue weighted by Gasteiger charge is -2.24. The Hall–Kier alpha value is -1.96. The zero-order chi connectivity index (χ0) is 19.9. The molecule has 0 fully saturated rings. The van der Waals surface area contributed by atoms with E-state index in [2.05, 4.69) is 19.2 Å². The van der Waals surface area contributed by atoms with Crippen LogP contribution in [0.5, 0.6) is 11.5 Å². The van der Waals surface area contributed by atoms with Crippen molar-refractivity contribution in [1.82, 2.24) is 5.32 Å². The number of sulfonamides is 1. The van der Waals surface area contributed by atoms with Crippen molar-refractivity contribution in [3.63, 3.8) is 0 Å². The first-order valence-electron chi connectivity index (χ1n) is 9.58. The van der Waals surface area contributed by atoms with E-state index >= 15 is 0 Å². The molecule has 2 rings (SSSR count). The summed E-state index contributed by atoms with van der Waals surface area (Å²) < 4.78 is 36.8. The number of carbonyl (C=O) groups excluding carboxylic acids is 1. The van der Waals surface area contributed by atoms with E-state index in [0.29, 0.717) is 29.6 Å². The fraction of sp³-hybridized carbons (Fsp3) is 0.632. The van der Waals surface area contributed by atoms with Gasteiger partial charge in [0.25, 0.3) is 0 Å². The third kappa shape index (κ3) is 5.76. The molecule has 7 nitrogen and oxygen atoms in total. The Kier molecular flexibility index (Phi) is 7.77. The van der Waals surface area contributed by atoms with Crippen molar-refractivity contribution >= 4 is 21.6 Å². The molecular formula is C19H30N2O5S. The van der Waals surface area contributed by atoms with Crippen molar-refractivity contribution in [2.75, 3.05) is 29.9 Å². The van der Waals surface area contributed by atoms with Crippen molar-refractivity contribution in [3.8, 4) is 11.5 Å². The van der Waals surface area contributed by atoms with Gasteiger partial charge in [-0.05, 0) is 31.4 Å². The maximum atomic E-state index is 12.5. The fourth-order valence-corrected chi connectivity index (χ4v) is 3.99. The first kappa shape index (κ1) is 21.3. The summed E-state index contributed by atoms with van der Waals surface area (Å²) in [7, 11) is -3.61. The number of nitrogens with one attached hydrogen (secondary N) is 1. The molecule has 0 bridgehead atoms. The third-order valence-electron chi connectivity index (χ3n) is 4.76. The largest absolute Gasteiger partial charge is 0.454 e. The summed E-state index contributed by atoms with van der Waals surface area (Å²) in [5, 5.41) is 2.89. The Balaban J connectivity index is 2.08. The van der Waals surface area contributed by atoms with Crippen molar-refractivity contribution < 1.29 is 22.7 Å². The Morgan fingerprint density at radius 1 is 1.22 bits per heavy atom. The lowest BCUT2D eigenvalue weighted by atomic mass is 9.99. The summed E-state index contributed by atoms with van der Waals surface area (Å²) in [4.78, 5) is 12.4. The molecule has 0 spiro atoms. The number of fused-ring (bicyclic) bond motifs is 1. The zero-order valence-corrected chi connectivity index (χ0v) is 17.2. The molecule has 1 unspecified atom stereocenters. The number of benzene rings is 1. The molecule has 27 heavy (non-hydrogen) atoms. The highest BCUT2D eigenvalue weighted by Crippen LogP contribution is 2.36. The molecule has 0 saturated carbocycles. The number of hydrogen-bond donors (Lipinski definition) is 1. The summed E-state index contributed by atoms with van der Waals surface area (Å²) in [5.74, 6) is 1.06. The molecule has 8 heteroatoms. The summed E-state index contributed by atoms with van der Waals surface area (Å²) in [5.41, 5.74) is 0.397. The monoisotopic (exact) mass is 398 g/mol. The molecule has 152 valence electrons. The highest BCUT2D eigenvalue weighted by Gasteiger charge is 2.26. The van der Waals surface area contributed by atoms with Gasteiger partial charge in [0.2, 0.25) is 22.7 Å². The smallest absolute Gasteiger partial charge is 0.240 e. The van der Waals surface area contributed by atoms with E-state index in [1.54, 1.807) is 25.1 Å². The fourth-order valence-electron chi connectivity index (χ4n) is 2.93. The molecule has 1 aromatic carbocycles. The van der Waals surface area contributed by atoms with Crippen molar-refractivity contribution in [3.05, 3.63) is 18.2 Å². The Morgan fingerprint density at radius 2 is 1.96 bits per heavy atom. The Labute approximate surface area is 162 Å². The van der Waals surface area contributed by atoms with Crippen molar-refractivity contribution in [2.45, 2.75) is 46.5 Å². The van der Waals surface area contributed by atoms with Gasteiger partial charge < -0.3 is 14.8 Å². The minimum atomic E-state index is -3.61. The van der Waals surface area contributed by atoms with E-state index in [-0.39, 0.29) is 25.0 Å². The van der Waals surface area contributed by atoms with Gasteiger partial charge in [0.1, 0.15) is 6.54 Å². The second kappa shape index (κ2) is 9.82. The molecule has 0 radical (unpaired) electrons. The number of nitrogens with zero attached hydrogens (tertiary/aromatic N) is 1. The number of anilines is 1. The van der Waals surface area contributed by atoms with Crippen LogP contribution in [-0.4, -0.2) is 40.0 Å². The number of unbranched alkanes of at least 4 members (excludes halogenated alkanes) is 1. The van der Waals surface area contributed by atoms with Crippen LogP contribution in [0.4, 0.5) is 5.69 Å². The van der Waals surface area contributed by atoms with Gasteiger partial charge in [0.15, 0.2) is 11.5 Å². The van der Waals surface area contributed by atoms with Gasteiger partial charge in [-0.1, -0.05) is 33.1 Å². The van der Waals surface area contributed by atoms with E-state index in [9.17, 15) is 13.2 Å². The molecule has 1 aliphatic heterocycles. The maximum Gasteiger partial charge on any atom is 0.240 e. The second-order valence-corrected chi connectivity index (χ2v) is 8.85. The van der Waals surface area contributed by atoms with Crippen LogP contribution in [0.1, 0.15) is 46.5 Å². The topological polar surface area (TPSA) is 84.9 Å². The highest BCUT2D eigenvalue weighted by atomic mass is 32.2. The average molecular weight is 399 g/mol. The average Bonchev–Trinajstić information content (AvgIpc) is 3.13. The normalized spacial score (nSPS) is 14.0. The van der Waals surface area contributed by atoms with Crippen LogP contribution in [0.25, 0.3) is 0 Å². The van der Waals surface area contributed by atoms with Gasteiger partial charge >= 0.3 is 0 Å². The first-order valence-corrected chi connectivity index (χ1v) is 11.2. The van der Waals surface area contributed by atoms with Crippen LogP contribution in [0.3, 0.4) is 0 Å². The molecule has 0 saturated heterocycles. The molecule has 1 N–H and O–H groups in total.